The summed E-state index contributed by atoms with van der Waals surface area (Å²) in [6.07, 6.45) is 3.95. The Balaban J connectivity index is 1.64. The number of hydrogen-bond acceptors (Lipinski definition) is 4. The van der Waals surface area contributed by atoms with Gasteiger partial charge in [0.25, 0.3) is 5.91 Å². The molecular weight excluding hydrogens is 384 g/mol. The Morgan fingerprint density at radius 1 is 1.07 bits per heavy atom. The van der Waals surface area contributed by atoms with Crippen LogP contribution in [0.1, 0.15) is 38.2 Å². The van der Waals surface area contributed by atoms with Gasteiger partial charge in [-0.2, -0.15) is 0 Å². The third-order valence-electron chi connectivity index (χ3n) is 4.60. The highest BCUT2D eigenvalue weighted by Crippen LogP contribution is 2.15. The van der Waals surface area contributed by atoms with Gasteiger partial charge in [-0.3, -0.25) is 9.78 Å². The van der Waals surface area contributed by atoms with Crippen LogP contribution < -0.4 is 11.1 Å². The zero-order valence-corrected chi connectivity index (χ0v) is 17.0. The molecule has 0 spiro atoms. The molecule has 2 aromatic carbocycles. The fraction of sp³-hybridized carbons (Fsp3) is 0.174. The molecular formula is C23H23ClN4O. The second-order valence-electron chi connectivity index (χ2n) is 6.96. The van der Waals surface area contributed by atoms with Crippen LogP contribution in [0.5, 0.6) is 0 Å². The molecule has 1 aromatic heterocycles. The molecule has 6 heteroatoms. The van der Waals surface area contributed by atoms with Crippen LogP contribution in [0.2, 0.25) is 0 Å². The summed E-state index contributed by atoms with van der Waals surface area (Å²) in [6.45, 7) is 2.03. The number of aromatic nitrogens is 1. The van der Waals surface area contributed by atoms with Crippen molar-refractivity contribution in [2.24, 2.45) is 0 Å². The molecule has 3 aromatic rings. The highest BCUT2D eigenvalue weighted by Gasteiger charge is 2.11. The molecule has 0 aliphatic carbocycles. The van der Waals surface area contributed by atoms with Crippen LogP contribution in [0, 0.1) is 12.3 Å². The van der Waals surface area contributed by atoms with Gasteiger partial charge in [-0.05, 0) is 48.2 Å². The van der Waals surface area contributed by atoms with Crippen molar-refractivity contribution < 1.29 is 4.79 Å². The van der Waals surface area contributed by atoms with E-state index in [1.807, 2.05) is 49.4 Å². The molecule has 0 aliphatic rings. The quantitative estimate of drug-likeness (QED) is 0.313. The van der Waals surface area contributed by atoms with Gasteiger partial charge in [0.2, 0.25) is 0 Å². The summed E-state index contributed by atoms with van der Waals surface area (Å²) in [6, 6.07) is 15.4. The Kier molecular flexibility index (Phi) is 6.62. The van der Waals surface area contributed by atoms with Crippen LogP contribution in [-0.2, 0) is 12.3 Å². The number of benzene rings is 2. The molecule has 0 aliphatic heterocycles. The number of carbonyl (C=O) groups is 1. The van der Waals surface area contributed by atoms with E-state index in [-0.39, 0.29) is 18.2 Å². The molecule has 148 valence electrons. The zero-order valence-electron chi connectivity index (χ0n) is 16.2. The van der Waals surface area contributed by atoms with Crippen molar-refractivity contribution in [3.63, 3.8) is 0 Å². The van der Waals surface area contributed by atoms with Crippen LogP contribution in [0.3, 0.4) is 0 Å². The predicted molar refractivity (Wildman–Crippen MR) is 118 cm³/mol. The van der Waals surface area contributed by atoms with Crippen molar-refractivity contribution in [1.29, 1.82) is 5.41 Å². The monoisotopic (exact) mass is 406 g/mol. The average molecular weight is 407 g/mol. The van der Waals surface area contributed by atoms with Crippen molar-refractivity contribution in [3.8, 4) is 0 Å². The lowest BCUT2D eigenvalue weighted by Gasteiger charge is -2.10. The summed E-state index contributed by atoms with van der Waals surface area (Å²) < 4.78 is 0. The van der Waals surface area contributed by atoms with E-state index in [0.29, 0.717) is 29.1 Å². The number of carbonyl (C=O) groups excluding carboxylic acids is 1. The first-order valence-electron chi connectivity index (χ1n) is 9.26. The lowest BCUT2D eigenvalue weighted by Crippen LogP contribution is -2.30. The van der Waals surface area contributed by atoms with Gasteiger partial charge in [-0.15, -0.1) is 11.6 Å². The number of halogens is 1. The van der Waals surface area contributed by atoms with Crippen LogP contribution in [0.25, 0.3) is 0 Å². The van der Waals surface area contributed by atoms with E-state index in [1.165, 1.54) is 6.20 Å². The SMILES string of the molecule is Cc1ccc(N)c(C(=N)CNC(=O)c2cncc(Cc3ccc(CCl)cc3)c2)c1. The second kappa shape index (κ2) is 9.34. The molecule has 0 saturated carbocycles. The molecule has 0 radical (unpaired) electrons. The molecule has 0 fully saturated rings. The summed E-state index contributed by atoms with van der Waals surface area (Å²) in [7, 11) is 0. The summed E-state index contributed by atoms with van der Waals surface area (Å²) in [5.41, 5.74) is 12.0. The largest absolute Gasteiger partial charge is 0.398 e. The maximum atomic E-state index is 12.5. The molecule has 0 atom stereocenters. The van der Waals surface area contributed by atoms with E-state index in [4.69, 9.17) is 22.7 Å². The summed E-state index contributed by atoms with van der Waals surface area (Å²) in [5, 5.41) is 11.0. The highest BCUT2D eigenvalue weighted by atomic mass is 35.5. The average Bonchev–Trinajstić information content (AvgIpc) is 2.74. The van der Waals surface area contributed by atoms with E-state index >= 15 is 0 Å². The number of nitrogens with one attached hydrogen (secondary N) is 2. The third-order valence-corrected chi connectivity index (χ3v) is 4.91. The standard InChI is InChI=1S/C23H23ClN4O/c1-15-2-7-21(25)20(8-15)22(26)14-28-23(29)19-10-18(12-27-13-19)9-16-3-5-17(11-24)6-4-16/h2-8,10,12-13,26H,9,11,14,25H2,1H3,(H,28,29). The summed E-state index contributed by atoms with van der Waals surface area (Å²) >= 11 is 5.83. The Labute approximate surface area is 175 Å². The lowest BCUT2D eigenvalue weighted by molar-refractivity contribution is 0.0959. The number of nitrogens with zero attached hydrogens (tertiary/aromatic N) is 1. The van der Waals surface area contributed by atoms with E-state index in [9.17, 15) is 4.79 Å². The van der Waals surface area contributed by atoms with Crippen LogP contribution >= 0.6 is 11.6 Å². The van der Waals surface area contributed by atoms with Crippen LogP contribution in [-0.4, -0.2) is 23.1 Å². The van der Waals surface area contributed by atoms with E-state index < -0.39 is 0 Å². The van der Waals surface area contributed by atoms with Gasteiger partial charge in [0, 0.05) is 29.5 Å². The van der Waals surface area contributed by atoms with Gasteiger partial charge in [0.1, 0.15) is 0 Å². The molecule has 1 heterocycles. The Hall–Kier alpha value is -3.18. The number of aryl methyl sites for hydroxylation is 1. The smallest absolute Gasteiger partial charge is 0.253 e. The Morgan fingerprint density at radius 2 is 1.79 bits per heavy atom. The van der Waals surface area contributed by atoms with Crippen molar-refractivity contribution in [2.45, 2.75) is 19.2 Å². The number of rotatable bonds is 7. The number of alkyl halides is 1. The van der Waals surface area contributed by atoms with E-state index in [0.717, 1.165) is 22.3 Å². The van der Waals surface area contributed by atoms with E-state index in [1.54, 1.807) is 12.3 Å². The summed E-state index contributed by atoms with van der Waals surface area (Å²) in [5.74, 6) is 0.216. The first-order chi connectivity index (χ1) is 14.0. The minimum atomic E-state index is -0.271. The van der Waals surface area contributed by atoms with E-state index in [2.05, 4.69) is 10.3 Å². The van der Waals surface area contributed by atoms with Gasteiger partial charge in [0.15, 0.2) is 0 Å². The number of hydrogen-bond donors (Lipinski definition) is 3. The molecule has 0 saturated heterocycles. The van der Waals surface area contributed by atoms with Gasteiger partial charge < -0.3 is 16.5 Å². The maximum absolute atomic E-state index is 12.5. The number of pyridine rings is 1. The third kappa shape index (κ3) is 5.42. The molecule has 0 unspecified atom stereocenters. The number of nitrogens with two attached hydrogens (primary N) is 1. The summed E-state index contributed by atoms with van der Waals surface area (Å²) in [4.78, 5) is 16.7. The first kappa shape index (κ1) is 20.6. The van der Waals surface area contributed by atoms with Gasteiger partial charge >= 0.3 is 0 Å². The first-order valence-corrected chi connectivity index (χ1v) is 9.79. The van der Waals surface area contributed by atoms with Crippen molar-refractivity contribution in [1.82, 2.24) is 10.3 Å². The Morgan fingerprint density at radius 3 is 2.52 bits per heavy atom. The molecule has 29 heavy (non-hydrogen) atoms. The highest BCUT2D eigenvalue weighted by molar-refractivity contribution is 6.17. The number of nitrogen functional groups attached to an aromatic ring is 1. The van der Waals surface area contributed by atoms with Gasteiger partial charge in [0.05, 0.1) is 17.8 Å². The molecule has 0 bridgehead atoms. The number of amides is 1. The molecule has 5 nitrogen and oxygen atoms in total. The van der Waals surface area contributed by atoms with Crippen molar-refractivity contribution in [3.05, 3.63) is 94.3 Å². The molecule has 4 N–H and O–H groups in total. The molecule has 3 rings (SSSR count). The fourth-order valence-electron chi connectivity index (χ4n) is 2.99. The minimum absolute atomic E-state index is 0.0939. The topological polar surface area (TPSA) is 91.9 Å². The fourth-order valence-corrected chi connectivity index (χ4v) is 3.17. The zero-order chi connectivity index (χ0) is 20.8. The van der Waals surface area contributed by atoms with Crippen molar-refractivity contribution >= 4 is 28.9 Å². The van der Waals surface area contributed by atoms with Gasteiger partial charge in [-0.25, -0.2) is 0 Å². The maximum Gasteiger partial charge on any atom is 0.253 e. The van der Waals surface area contributed by atoms with Crippen LogP contribution in [0.4, 0.5) is 5.69 Å². The predicted octanol–water partition coefficient (Wildman–Crippen LogP) is 4.10. The Bertz CT molecular complexity index is 1030. The van der Waals surface area contributed by atoms with Crippen molar-refractivity contribution in [2.75, 3.05) is 12.3 Å². The second-order valence-corrected chi connectivity index (χ2v) is 7.23. The van der Waals surface area contributed by atoms with Crippen LogP contribution in [0.15, 0.2) is 60.9 Å². The van der Waals surface area contributed by atoms with Gasteiger partial charge in [-0.1, -0.05) is 35.9 Å². The normalized spacial score (nSPS) is 10.6. The minimum Gasteiger partial charge on any atom is -0.398 e. The lowest BCUT2D eigenvalue weighted by atomic mass is 10.0. The molecule has 1 amide bonds. The number of anilines is 1.